The first-order valence-electron chi connectivity index (χ1n) is 8.23. The number of nitrogens with zero attached hydrogens (tertiary/aromatic N) is 2. The fraction of sp³-hybridized carbons (Fsp3) is 0.211. The molecule has 3 aromatic rings. The van der Waals surface area contributed by atoms with Gasteiger partial charge in [0.25, 0.3) is 0 Å². The van der Waals surface area contributed by atoms with Gasteiger partial charge in [-0.1, -0.05) is 22.0 Å². The maximum absolute atomic E-state index is 12.6. The van der Waals surface area contributed by atoms with Gasteiger partial charge >= 0.3 is 0 Å². The van der Waals surface area contributed by atoms with Crippen molar-refractivity contribution in [2.24, 2.45) is 5.92 Å². The first kappa shape index (κ1) is 16.8. The summed E-state index contributed by atoms with van der Waals surface area (Å²) in [6.07, 6.45) is 0.198. The van der Waals surface area contributed by atoms with Crippen molar-refractivity contribution in [1.29, 1.82) is 0 Å². The van der Waals surface area contributed by atoms with Gasteiger partial charge in [-0.3, -0.25) is 9.59 Å². The van der Waals surface area contributed by atoms with Gasteiger partial charge in [0.2, 0.25) is 11.8 Å². The average molecular weight is 414 g/mol. The van der Waals surface area contributed by atoms with Crippen LogP contribution in [-0.2, 0) is 9.59 Å². The molecule has 4 rings (SSSR count). The van der Waals surface area contributed by atoms with Crippen molar-refractivity contribution in [2.75, 3.05) is 16.8 Å². The largest absolute Gasteiger partial charge is 0.441 e. The predicted octanol–water partition coefficient (Wildman–Crippen LogP) is 3.89. The SMILES string of the molecule is Cc1nc2cc(NC(=O)[C@@H]3CC(=O)N(c4cccc(Br)c4)C3)ccc2o1. The van der Waals surface area contributed by atoms with E-state index in [4.69, 9.17) is 4.42 Å². The molecule has 2 amide bonds. The Labute approximate surface area is 158 Å². The summed E-state index contributed by atoms with van der Waals surface area (Å²) in [5, 5.41) is 2.88. The van der Waals surface area contributed by atoms with E-state index >= 15 is 0 Å². The second-order valence-corrected chi connectivity index (χ2v) is 7.21. The van der Waals surface area contributed by atoms with Gasteiger partial charge in [0.15, 0.2) is 11.5 Å². The van der Waals surface area contributed by atoms with Gasteiger partial charge in [-0.05, 0) is 36.4 Å². The third-order valence-electron chi connectivity index (χ3n) is 4.38. The number of nitrogens with one attached hydrogen (secondary N) is 1. The third kappa shape index (κ3) is 3.22. The number of fused-ring (bicyclic) bond motifs is 1. The standard InChI is InChI=1S/C19H16BrN3O3/c1-11-21-16-9-14(5-6-17(16)26-11)22-19(25)12-7-18(24)23(10-12)15-4-2-3-13(20)8-15/h2-6,8-9,12H,7,10H2,1H3,(H,22,25)/t12-/m1/s1. The molecule has 1 N–H and O–H groups in total. The maximum Gasteiger partial charge on any atom is 0.229 e. The summed E-state index contributed by atoms with van der Waals surface area (Å²) in [5.74, 6) is -0.0352. The van der Waals surface area contributed by atoms with Crippen LogP contribution in [0.25, 0.3) is 11.1 Å². The Kier molecular flexibility index (Phi) is 4.24. The quantitative estimate of drug-likeness (QED) is 0.706. The summed E-state index contributed by atoms with van der Waals surface area (Å²) in [4.78, 5) is 30.9. The molecule has 1 aromatic heterocycles. The van der Waals surface area contributed by atoms with Crippen LogP contribution in [0.5, 0.6) is 0 Å². The van der Waals surface area contributed by atoms with Crippen molar-refractivity contribution in [3.8, 4) is 0 Å². The van der Waals surface area contributed by atoms with Crippen molar-refractivity contribution in [1.82, 2.24) is 4.98 Å². The number of aromatic nitrogens is 1. The molecule has 0 spiro atoms. The number of anilines is 2. The Morgan fingerprint density at radius 3 is 2.96 bits per heavy atom. The highest BCUT2D eigenvalue weighted by atomic mass is 79.9. The average Bonchev–Trinajstić information content (AvgIpc) is 3.16. The molecule has 1 aliphatic rings. The molecule has 2 aromatic carbocycles. The Morgan fingerprint density at radius 2 is 2.15 bits per heavy atom. The summed E-state index contributed by atoms with van der Waals surface area (Å²) in [5.41, 5.74) is 2.80. The Balaban J connectivity index is 1.48. The maximum atomic E-state index is 12.6. The van der Waals surface area contributed by atoms with Gasteiger partial charge in [0, 0.05) is 35.7 Å². The van der Waals surface area contributed by atoms with E-state index in [2.05, 4.69) is 26.2 Å². The van der Waals surface area contributed by atoms with Crippen molar-refractivity contribution in [2.45, 2.75) is 13.3 Å². The molecular weight excluding hydrogens is 398 g/mol. The molecule has 1 aliphatic heterocycles. The second kappa shape index (κ2) is 6.57. The fourth-order valence-corrected chi connectivity index (χ4v) is 3.53. The number of amides is 2. The molecule has 1 fully saturated rings. The van der Waals surface area contributed by atoms with E-state index in [9.17, 15) is 9.59 Å². The van der Waals surface area contributed by atoms with Crippen LogP contribution >= 0.6 is 15.9 Å². The lowest BCUT2D eigenvalue weighted by molar-refractivity contribution is -0.122. The van der Waals surface area contributed by atoms with Gasteiger partial charge in [-0.2, -0.15) is 0 Å². The number of halogens is 1. The van der Waals surface area contributed by atoms with Gasteiger partial charge < -0.3 is 14.6 Å². The summed E-state index contributed by atoms with van der Waals surface area (Å²) in [6, 6.07) is 12.8. The molecule has 0 bridgehead atoms. The molecule has 0 saturated carbocycles. The zero-order valence-corrected chi connectivity index (χ0v) is 15.6. The molecule has 7 heteroatoms. The number of aryl methyl sites for hydroxylation is 1. The molecule has 132 valence electrons. The minimum Gasteiger partial charge on any atom is -0.441 e. The number of carbonyl (C=O) groups is 2. The first-order valence-corrected chi connectivity index (χ1v) is 9.03. The predicted molar refractivity (Wildman–Crippen MR) is 102 cm³/mol. The third-order valence-corrected chi connectivity index (χ3v) is 4.87. The lowest BCUT2D eigenvalue weighted by atomic mass is 10.1. The molecule has 1 atom stereocenters. The van der Waals surface area contributed by atoms with Crippen LogP contribution in [0.1, 0.15) is 12.3 Å². The van der Waals surface area contributed by atoms with Crippen LogP contribution in [0.2, 0.25) is 0 Å². The molecule has 1 saturated heterocycles. The summed E-state index contributed by atoms with van der Waals surface area (Å²) >= 11 is 3.41. The highest BCUT2D eigenvalue weighted by Gasteiger charge is 2.35. The highest BCUT2D eigenvalue weighted by Crippen LogP contribution is 2.28. The van der Waals surface area contributed by atoms with Crippen molar-refractivity contribution >= 4 is 50.2 Å². The minimum absolute atomic E-state index is 0.0502. The number of rotatable bonds is 3. The fourth-order valence-electron chi connectivity index (χ4n) is 3.14. The van der Waals surface area contributed by atoms with Crippen LogP contribution in [0.4, 0.5) is 11.4 Å². The Hall–Kier alpha value is -2.67. The molecule has 6 nitrogen and oxygen atoms in total. The van der Waals surface area contributed by atoms with E-state index in [0.29, 0.717) is 29.2 Å². The smallest absolute Gasteiger partial charge is 0.229 e. The Bertz CT molecular complexity index is 1010. The van der Waals surface area contributed by atoms with Crippen LogP contribution in [0, 0.1) is 12.8 Å². The minimum atomic E-state index is -0.392. The van der Waals surface area contributed by atoms with E-state index in [1.54, 1.807) is 30.0 Å². The van der Waals surface area contributed by atoms with Gasteiger partial charge in [-0.25, -0.2) is 4.98 Å². The second-order valence-electron chi connectivity index (χ2n) is 6.29. The van der Waals surface area contributed by atoms with Gasteiger partial charge in [0.05, 0.1) is 5.92 Å². The van der Waals surface area contributed by atoms with Crippen LogP contribution in [0.15, 0.2) is 51.4 Å². The number of oxazole rings is 1. The molecule has 0 unspecified atom stereocenters. The number of benzene rings is 2. The van der Waals surface area contributed by atoms with E-state index in [1.165, 1.54) is 0 Å². The molecule has 26 heavy (non-hydrogen) atoms. The van der Waals surface area contributed by atoms with Crippen molar-refractivity contribution in [3.05, 3.63) is 52.8 Å². The topological polar surface area (TPSA) is 75.4 Å². The van der Waals surface area contributed by atoms with Gasteiger partial charge in [-0.15, -0.1) is 0 Å². The van der Waals surface area contributed by atoms with Crippen molar-refractivity contribution < 1.29 is 14.0 Å². The van der Waals surface area contributed by atoms with E-state index in [1.807, 2.05) is 24.3 Å². The normalized spacial score (nSPS) is 17.1. The van der Waals surface area contributed by atoms with E-state index in [-0.39, 0.29) is 18.2 Å². The van der Waals surface area contributed by atoms with Crippen LogP contribution in [-0.4, -0.2) is 23.3 Å². The number of hydrogen-bond acceptors (Lipinski definition) is 4. The monoisotopic (exact) mass is 413 g/mol. The van der Waals surface area contributed by atoms with E-state index < -0.39 is 5.92 Å². The molecule has 2 heterocycles. The van der Waals surface area contributed by atoms with E-state index in [0.717, 1.165) is 10.2 Å². The zero-order valence-electron chi connectivity index (χ0n) is 14.0. The van der Waals surface area contributed by atoms with Crippen molar-refractivity contribution in [3.63, 3.8) is 0 Å². The lowest BCUT2D eigenvalue weighted by Gasteiger charge is -2.17. The molecule has 0 radical (unpaired) electrons. The summed E-state index contributed by atoms with van der Waals surface area (Å²) in [6.45, 7) is 2.14. The van der Waals surface area contributed by atoms with Crippen LogP contribution < -0.4 is 10.2 Å². The number of carbonyl (C=O) groups excluding carboxylic acids is 2. The lowest BCUT2D eigenvalue weighted by Crippen LogP contribution is -2.28. The summed E-state index contributed by atoms with van der Waals surface area (Å²) < 4.78 is 6.33. The summed E-state index contributed by atoms with van der Waals surface area (Å²) in [7, 11) is 0. The zero-order chi connectivity index (χ0) is 18.3. The Morgan fingerprint density at radius 1 is 1.31 bits per heavy atom. The first-order chi connectivity index (χ1) is 12.5. The van der Waals surface area contributed by atoms with Crippen LogP contribution in [0.3, 0.4) is 0 Å². The number of hydrogen-bond donors (Lipinski definition) is 1. The highest BCUT2D eigenvalue weighted by molar-refractivity contribution is 9.10. The molecular formula is C19H16BrN3O3. The molecule has 0 aliphatic carbocycles. The van der Waals surface area contributed by atoms with Gasteiger partial charge in [0.1, 0.15) is 5.52 Å².